The van der Waals surface area contributed by atoms with Gasteiger partial charge < -0.3 is 20.2 Å². The fourth-order valence-corrected chi connectivity index (χ4v) is 1.68. The summed E-state index contributed by atoms with van der Waals surface area (Å²) in [6.07, 6.45) is 0.565. The van der Waals surface area contributed by atoms with Crippen LogP contribution in [0, 0.1) is 6.92 Å². The second-order valence-corrected chi connectivity index (χ2v) is 4.15. The summed E-state index contributed by atoms with van der Waals surface area (Å²) >= 11 is 0. The van der Waals surface area contributed by atoms with Crippen molar-refractivity contribution < 1.29 is 13.9 Å². The van der Waals surface area contributed by atoms with Crippen LogP contribution in [0.4, 0.5) is 0 Å². The molecule has 88 valence electrons. The lowest BCUT2D eigenvalue weighted by Crippen LogP contribution is -2.54. The fourth-order valence-electron chi connectivity index (χ4n) is 1.68. The first kappa shape index (κ1) is 11.2. The SMILES string of the molecule is Cc1ccc(CNC(=O)C2(N)CCOC2)o1. The molecular formula is C11H16N2O3. The number of furan rings is 1. The molecule has 1 aromatic rings. The first-order valence-electron chi connectivity index (χ1n) is 5.30. The summed E-state index contributed by atoms with van der Waals surface area (Å²) in [5, 5.41) is 2.76. The Labute approximate surface area is 93.9 Å². The smallest absolute Gasteiger partial charge is 0.242 e. The van der Waals surface area contributed by atoms with Crippen LogP contribution in [0.5, 0.6) is 0 Å². The molecule has 1 aromatic heterocycles. The van der Waals surface area contributed by atoms with Gasteiger partial charge in [0, 0.05) is 6.61 Å². The van der Waals surface area contributed by atoms with Crippen molar-refractivity contribution in [1.29, 1.82) is 0 Å². The van der Waals surface area contributed by atoms with Gasteiger partial charge in [0.05, 0.1) is 13.2 Å². The van der Waals surface area contributed by atoms with Crippen molar-refractivity contribution in [3.05, 3.63) is 23.7 Å². The predicted octanol–water partition coefficient (Wildman–Crippen LogP) is 0.322. The van der Waals surface area contributed by atoms with E-state index < -0.39 is 5.54 Å². The van der Waals surface area contributed by atoms with Crippen molar-refractivity contribution in [2.75, 3.05) is 13.2 Å². The topological polar surface area (TPSA) is 77.5 Å². The van der Waals surface area contributed by atoms with Gasteiger partial charge in [0.2, 0.25) is 5.91 Å². The Bertz CT molecular complexity index is 380. The third-order valence-electron chi connectivity index (χ3n) is 2.72. The average molecular weight is 224 g/mol. The minimum atomic E-state index is -0.873. The van der Waals surface area contributed by atoms with E-state index in [9.17, 15) is 4.79 Å². The Kier molecular flexibility index (Phi) is 2.98. The molecule has 1 aliphatic heterocycles. The quantitative estimate of drug-likeness (QED) is 0.775. The van der Waals surface area contributed by atoms with Gasteiger partial charge in [-0.1, -0.05) is 0 Å². The molecule has 16 heavy (non-hydrogen) atoms. The van der Waals surface area contributed by atoms with Gasteiger partial charge in [0.25, 0.3) is 0 Å². The van der Waals surface area contributed by atoms with Crippen molar-refractivity contribution in [1.82, 2.24) is 5.32 Å². The van der Waals surface area contributed by atoms with E-state index in [-0.39, 0.29) is 12.5 Å². The summed E-state index contributed by atoms with van der Waals surface area (Å²) in [5.74, 6) is 1.38. The molecular weight excluding hydrogens is 208 g/mol. The van der Waals surface area contributed by atoms with Crippen molar-refractivity contribution in [2.45, 2.75) is 25.4 Å². The largest absolute Gasteiger partial charge is 0.465 e. The van der Waals surface area contributed by atoms with Gasteiger partial charge >= 0.3 is 0 Å². The van der Waals surface area contributed by atoms with E-state index >= 15 is 0 Å². The molecule has 1 unspecified atom stereocenters. The molecule has 1 amide bonds. The van der Waals surface area contributed by atoms with Crippen LogP contribution in [0.2, 0.25) is 0 Å². The van der Waals surface area contributed by atoms with Gasteiger partial charge in [-0.05, 0) is 25.5 Å². The summed E-state index contributed by atoms with van der Waals surface area (Å²) in [4.78, 5) is 11.8. The summed E-state index contributed by atoms with van der Waals surface area (Å²) in [6.45, 7) is 3.06. The zero-order valence-electron chi connectivity index (χ0n) is 9.29. The van der Waals surface area contributed by atoms with Crippen LogP contribution in [0.1, 0.15) is 17.9 Å². The molecule has 0 aliphatic carbocycles. The Morgan fingerprint density at radius 2 is 2.44 bits per heavy atom. The minimum Gasteiger partial charge on any atom is -0.465 e. The highest BCUT2D eigenvalue weighted by atomic mass is 16.5. The Morgan fingerprint density at radius 1 is 1.62 bits per heavy atom. The monoisotopic (exact) mass is 224 g/mol. The summed E-state index contributed by atoms with van der Waals surface area (Å²) in [5.41, 5.74) is 5.03. The minimum absolute atomic E-state index is 0.181. The first-order valence-corrected chi connectivity index (χ1v) is 5.30. The summed E-state index contributed by atoms with van der Waals surface area (Å²) in [7, 11) is 0. The maximum atomic E-state index is 11.8. The average Bonchev–Trinajstić information content (AvgIpc) is 2.85. The van der Waals surface area contributed by atoms with Gasteiger partial charge in [-0.2, -0.15) is 0 Å². The van der Waals surface area contributed by atoms with E-state index in [1.54, 1.807) is 0 Å². The molecule has 0 radical (unpaired) electrons. The van der Waals surface area contributed by atoms with Crippen LogP contribution in [-0.4, -0.2) is 24.7 Å². The Morgan fingerprint density at radius 3 is 3.00 bits per heavy atom. The molecule has 1 saturated heterocycles. The van der Waals surface area contributed by atoms with Crippen molar-refractivity contribution in [3.63, 3.8) is 0 Å². The van der Waals surface area contributed by atoms with E-state index in [0.717, 1.165) is 11.5 Å². The van der Waals surface area contributed by atoms with Crippen molar-refractivity contribution in [2.24, 2.45) is 5.73 Å². The third kappa shape index (κ3) is 2.25. The maximum Gasteiger partial charge on any atom is 0.242 e. The summed E-state index contributed by atoms with van der Waals surface area (Å²) < 4.78 is 10.5. The molecule has 5 nitrogen and oxygen atoms in total. The van der Waals surface area contributed by atoms with Crippen LogP contribution in [0.25, 0.3) is 0 Å². The standard InChI is InChI=1S/C11H16N2O3/c1-8-2-3-9(16-8)6-13-10(14)11(12)4-5-15-7-11/h2-3H,4-7,12H2,1H3,(H,13,14). The van der Waals surface area contributed by atoms with E-state index in [4.69, 9.17) is 14.9 Å². The molecule has 1 aliphatic rings. The van der Waals surface area contributed by atoms with Gasteiger partial charge in [0.1, 0.15) is 17.1 Å². The molecule has 0 saturated carbocycles. The van der Waals surface area contributed by atoms with Crippen molar-refractivity contribution in [3.8, 4) is 0 Å². The highest BCUT2D eigenvalue weighted by Crippen LogP contribution is 2.15. The van der Waals surface area contributed by atoms with Crippen LogP contribution in [-0.2, 0) is 16.1 Å². The lowest BCUT2D eigenvalue weighted by Gasteiger charge is -2.20. The fraction of sp³-hybridized carbons (Fsp3) is 0.545. The highest BCUT2D eigenvalue weighted by Gasteiger charge is 2.38. The molecule has 1 atom stereocenters. The number of carbonyl (C=O) groups excluding carboxylic acids is 1. The lowest BCUT2D eigenvalue weighted by molar-refractivity contribution is -0.126. The van der Waals surface area contributed by atoms with Crippen LogP contribution < -0.4 is 11.1 Å². The van der Waals surface area contributed by atoms with E-state index in [2.05, 4.69) is 5.32 Å². The highest BCUT2D eigenvalue weighted by molar-refractivity contribution is 5.86. The maximum absolute atomic E-state index is 11.8. The molecule has 2 heterocycles. The van der Waals surface area contributed by atoms with E-state index in [1.165, 1.54) is 0 Å². The molecule has 0 bridgehead atoms. The number of carbonyl (C=O) groups is 1. The van der Waals surface area contributed by atoms with Gasteiger partial charge in [-0.3, -0.25) is 4.79 Å². The zero-order valence-corrected chi connectivity index (χ0v) is 9.29. The predicted molar refractivity (Wildman–Crippen MR) is 57.6 cm³/mol. The molecule has 0 aromatic carbocycles. The number of nitrogens with two attached hydrogens (primary N) is 1. The number of nitrogens with one attached hydrogen (secondary N) is 1. The Hall–Kier alpha value is -1.33. The first-order chi connectivity index (χ1) is 7.60. The number of hydrogen-bond acceptors (Lipinski definition) is 4. The third-order valence-corrected chi connectivity index (χ3v) is 2.72. The van der Waals surface area contributed by atoms with Crippen LogP contribution in [0.15, 0.2) is 16.5 Å². The molecule has 0 spiro atoms. The van der Waals surface area contributed by atoms with Crippen LogP contribution >= 0.6 is 0 Å². The van der Waals surface area contributed by atoms with E-state index in [1.807, 2.05) is 19.1 Å². The number of aryl methyl sites for hydroxylation is 1. The second-order valence-electron chi connectivity index (χ2n) is 4.15. The Balaban J connectivity index is 1.88. The summed E-state index contributed by atoms with van der Waals surface area (Å²) in [6, 6.07) is 3.70. The number of ether oxygens (including phenoxy) is 1. The molecule has 1 fully saturated rings. The zero-order chi connectivity index (χ0) is 11.6. The van der Waals surface area contributed by atoms with Crippen molar-refractivity contribution >= 4 is 5.91 Å². The number of rotatable bonds is 3. The molecule has 3 N–H and O–H groups in total. The van der Waals surface area contributed by atoms with Gasteiger partial charge in [-0.25, -0.2) is 0 Å². The van der Waals surface area contributed by atoms with Crippen LogP contribution in [0.3, 0.4) is 0 Å². The second kappa shape index (κ2) is 4.27. The number of amides is 1. The van der Waals surface area contributed by atoms with Gasteiger partial charge in [-0.15, -0.1) is 0 Å². The van der Waals surface area contributed by atoms with Gasteiger partial charge in [0.15, 0.2) is 0 Å². The normalized spacial score (nSPS) is 24.6. The molecule has 2 rings (SSSR count). The van der Waals surface area contributed by atoms with E-state index in [0.29, 0.717) is 19.6 Å². The number of hydrogen-bond donors (Lipinski definition) is 2. The lowest BCUT2D eigenvalue weighted by atomic mass is 9.99. The molecule has 5 heteroatoms.